The summed E-state index contributed by atoms with van der Waals surface area (Å²) in [6.45, 7) is -0.0190. The Morgan fingerprint density at radius 1 is 1.00 bits per heavy atom. The number of aliphatic hydroxyl groups excluding tert-OH is 1. The number of diazo groups is 1. The van der Waals surface area contributed by atoms with E-state index < -0.39 is 15.9 Å². The van der Waals surface area contributed by atoms with Gasteiger partial charge in [0.1, 0.15) is 23.0 Å². The molecule has 0 atom stereocenters. The second kappa shape index (κ2) is 7.49. The van der Waals surface area contributed by atoms with Crippen molar-refractivity contribution >= 4 is 26.6 Å². The van der Waals surface area contributed by atoms with Crippen LogP contribution in [-0.4, -0.2) is 26.7 Å². The molecule has 0 radical (unpaired) electrons. The van der Waals surface area contributed by atoms with Gasteiger partial charge in [-0.3, -0.25) is 0 Å². The Hall–Kier alpha value is -3.35. The Bertz CT molecular complexity index is 1120. The van der Waals surface area contributed by atoms with E-state index in [1.165, 1.54) is 54.6 Å². The molecule has 1 N–H and O–H groups in total. The van der Waals surface area contributed by atoms with Crippen molar-refractivity contribution in [2.24, 2.45) is 0 Å². The van der Waals surface area contributed by atoms with Crippen molar-refractivity contribution in [1.82, 2.24) is 0 Å². The van der Waals surface area contributed by atoms with E-state index in [0.29, 0.717) is 5.75 Å². The highest BCUT2D eigenvalue weighted by atomic mass is 32.2. The second-order valence-electron chi connectivity index (χ2n) is 5.45. The summed E-state index contributed by atoms with van der Waals surface area (Å²) in [6.07, 6.45) is 0. The number of aliphatic hydroxyl groups is 1. The molecule has 0 amide bonds. The number of rotatable bonds is 6. The number of hydrogen-bond donors (Lipinski definition) is 1. The standard InChI is InChI=1S/C18H14N2O6S/c19-20-16-9-8-14-15(18(16)22)2-1-3-17(14)27(23,24)26-13-6-4-12(5-7-13)25-11-10-21/h1-9,21H,10-11H2. The number of fused-ring (bicyclic) bond motifs is 1. The lowest BCUT2D eigenvalue weighted by Gasteiger charge is -2.12. The number of benzene rings is 3. The lowest BCUT2D eigenvalue weighted by molar-refractivity contribution is -0.264. The first-order chi connectivity index (χ1) is 13.0. The Morgan fingerprint density at radius 3 is 2.37 bits per heavy atom. The summed E-state index contributed by atoms with van der Waals surface area (Å²) in [4.78, 5) is 2.71. The van der Waals surface area contributed by atoms with Gasteiger partial charge in [-0.1, -0.05) is 12.1 Å². The third-order valence-electron chi connectivity index (χ3n) is 3.72. The third kappa shape index (κ3) is 3.76. The Balaban J connectivity index is 1.96. The average molecular weight is 386 g/mol. The number of nitrogens with zero attached hydrogens (tertiary/aromatic N) is 2. The molecule has 0 fully saturated rings. The van der Waals surface area contributed by atoms with Crippen LogP contribution in [0.3, 0.4) is 0 Å². The molecule has 138 valence electrons. The molecule has 0 saturated carbocycles. The smallest absolute Gasteiger partial charge is 0.378 e. The molecule has 9 heteroatoms. The third-order valence-corrected chi connectivity index (χ3v) is 5.02. The zero-order chi connectivity index (χ0) is 19.4. The van der Waals surface area contributed by atoms with Crippen LogP contribution in [0.5, 0.6) is 17.2 Å². The molecule has 0 saturated heterocycles. The molecule has 0 aromatic heterocycles. The maximum absolute atomic E-state index is 12.7. The zero-order valence-corrected chi connectivity index (χ0v) is 14.7. The monoisotopic (exact) mass is 386 g/mol. The van der Waals surface area contributed by atoms with Crippen LogP contribution in [0.2, 0.25) is 0 Å². The normalized spacial score (nSPS) is 11.1. The van der Waals surface area contributed by atoms with Gasteiger partial charge in [-0.15, -0.1) is 0 Å². The van der Waals surface area contributed by atoms with Gasteiger partial charge in [0.15, 0.2) is 4.98 Å². The maximum atomic E-state index is 12.7. The molecule has 0 spiro atoms. The predicted molar refractivity (Wildman–Crippen MR) is 95.0 cm³/mol. The van der Waals surface area contributed by atoms with Crippen molar-refractivity contribution in [3.05, 3.63) is 59.6 Å². The van der Waals surface area contributed by atoms with Gasteiger partial charge in [0.2, 0.25) is 5.39 Å². The van der Waals surface area contributed by atoms with Crippen LogP contribution in [0.4, 0.5) is 5.69 Å². The molecule has 0 unspecified atom stereocenters. The molecule has 0 bridgehead atoms. The minimum Gasteiger partial charge on any atom is -0.867 e. The molecule has 0 aliphatic carbocycles. The summed E-state index contributed by atoms with van der Waals surface area (Å²) < 4.78 is 35.7. The van der Waals surface area contributed by atoms with Crippen molar-refractivity contribution in [3.8, 4) is 17.2 Å². The molecule has 0 aliphatic heterocycles. The molecule has 0 heterocycles. The summed E-state index contributed by atoms with van der Waals surface area (Å²) in [5.41, 5.74) is -0.184. The van der Waals surface area contributed by atoms with Crippen LogP contribution < -0.4 is 14.0 Å². The van der Waals surface area contributed by atoms with Crippen molar-refractivity contribution in [3.63, 3.8) is 0 Å². The lowest BCUT2D eigenvalue weighted by Crippen LogP contribution is -2.10. The fourth-order valence-corrected chi connectivity index (χ4v) is 3.66. The molecule has 3 aromatic rings. The molecular weight excluding hydrogens is 372 g/mol. The Labute approximate surface area is 155 Å². The molecule has 0 aliphatic rings. The van der Waals surface area contributed by atoms with Crippen LogP contribution in [0.15, 0.2) is 59.5 Å². The van der Waals surface area contributed by atoms with Gasteiger partial charge in [-0.25, -0.2) is 0 Å². The highest BCUT2D eigenvalue weighted by Crippen LogP contribution is 2.36. The second-order valence-corrected chi connectivity index (χ2v) is 6.96. The summed E-state index contributed by atoms with van der Waals surface area (Å²) in [5.74, 6) is -0.0691. The van der Waals surface area contributed by atoms with E-state index in [0.717, 1.165) is 0 Å². The molecule has 3 rings (SSSR count). The summed E-state index contributed by atoms with van der Waals surface area (Å²) in [7, 11) is -4.22. The molecule has 8 nitrogen and oxygen atoms in total. The minimum atomic E-state index is -4.22. The van der Waals surface area contributed by atoms with Gasteiger partial charge >= 0.3 is 15.8 Å². The van der Waals surface area contributed by atoms with Gasteiger partial charge in [0.05, 0.1) is 6.61 Å². The predicted octanol–water partition coefficient (Wildman–Crippen LogP) is 2.54. The SMILES string of the molecule is N#[N+]c1ccc2c(S(=O)(=O)Oc3ccc(OCCO)cc3)cccc2c1[O-]. The Kier molecular flexibility index (Phi) is 5.12. The fourth-order valence-electron chi connectivity index (χ4n) is 2.51. The molecule has 3 aromatic carbocycles. The summed E-state index contributed by atoms with van der Waals surface area (Å²) >= 11 is 0. The van der Waals surface area contributed by atoms with Crippen LogP contribution in [-0.2, 0) is 10.1 Å². The Morgan fingerprint density at radius 2 is 1.70 bits per heavy atom. The van der Waals surface area contributed by atoms with Crippen molar-refractivity contribution < 1.29 is 27.6 Å². The topological polar surface area (TPSA) is 124 Å². The first-order valence-corrected chi connectivity index (χ1v) is 9.23. The summed E-state index contributed by atoms with van der Waals surface area (Å²) in [5, 5.41) is 30.0. The van der Waals surface area contributed by atoms with Gasteiger partial charge < -0.3 is 19.1 Å². The first kappa shape index (κ1) is 18.4. The van der Waals surface area contributed by atoms with E-state index in [4.69, 9.17) is 19.4 Å². The van der Waals surface area contributed by atoms with Crippen molar-refractivity contribution in [2.75, 3.05) is 13.2 Å². The fraction of sp³-hybridized carbons (Fsp3) is 0.111. The van der Waals surface area contributed by atoms with Crippen LogP contribution >= 0.6 is 0 Å². The zero-order valence-electron chi connectivity index (χ0n) is 13.9. The van der Waals surface area contributed by atoms with Crippen molar-refractivity contribution in [2.45, 2.75) is 4.90 Å². The maximum Gasteiger partial charge on any atom is 0.378 e. The quantitative estimate of drug-likeness (QED) is 0.510. The van der Waals surface area contributed by atoms with E-state index in [9.17, 15) is 13.5 Å². The number of hydrogen-bond acceptors (Lipinski definition) is 7. The summed E-state index contributed by atoms with van der Waals surface area (Å²) in [6, 6.07) is 12.6. The first-order valence-electron chi connectivity index (χ1n) is 7.82. The van der Waals surface area contributed by atoms with Gasteiger partial charge in [-0.05, 0) is 47.5 Å². The van der Waals surface area contributed by atoms with Gasteiger partial charge in [0.25, 0.3) is 0 Å². The largest absolute Gasteiger partial charge is 0.867 e. The van der Waals surface area contributed by atoms with Crippen LogP contribution in [0.25, 0.3) is 15.7 Å². The van der Waals surface area contributed by atoms with Crippen LogP contribution in [0.1, 0.15) is 0 Å². The highest BCUT2D eigenvalue weighted by Gasteiger charge is 2.21. The van der Waals surface area contributed by atoms with E-state index in [-0.39, 0.29) is 40.3 Å². The van der Waals surface area contributed by atoms with Crippen LogP contribution in [0, 0.1) is 5.39 Å². The average Bonchev–Trinajstić information content (AvgIpc) is 2.67. The molecular formula is C18H14N2O6S. The van der Waals surface area contributed by atoms with Gasteiger partial charge in [-0.2, -0.15) is 8.42 Å². The number of ether oxygens (including phenoxy) is 1. The van der Waals surface area contributed by atoms with Gasteiger partial charge in [0, 0.05) is 11.5 Å². The van der Waals surface area contributed by atoms with E-state index >= 15 is 0 Å². The highest BCUT2D eigenvalue weighted by molar-refractivity contribution is 7.87. The molecule has 27 heavy (non-hydrogen) atoms. The van der Waals surface area contributed by atoms with E-state index in [2.05, 4.69) is 4.98 Å². The lowest BCUT2D eigenvalue weighted by atomic mass is 10.1. The van der Waals surface area contributed by atoms with Crippen molar-refractivity contribution in [1.29, 1.82) is 5.39 Å². The minimum absolute atomic E-state index is 0.0627. The van der Waals surface area contributed by atoms with E-state index in [1.807, 2.05) is 0 Å². The van der Waals surface area contributed by atoms with E-state index in [1.54, 1.807) is 0 Å².